The molecule has 0 aliphatic rings. The van der Waals surface area contributed by atoms with Gasteiger partial charge in [0, 0.05) is 43.2 Å². The van der Waals surface area contributed by atoms with Crippen molar-refractivity contribution in [2.45, 2.75) is 13.1 Å². The monoisotopic (exact) mass is 273 g/mol. The third-order valence-electron chi connectivity index (χ3n) is 2.84. The molecule has 2 rings (SSSR count). The van der Waals surface area contributed by atoms with E-state index in [4.69, 9.17) is 4.74 Å². The molecular weight excluding hydrogens is 258 g/mol. The van der Waals surface area contributed by atoms with Gasteiger partial charge in [0.15, 0.2) is 0 Å². The molecular formula is C14H15N3O3. The Balaban J connectivity index is 2.04. The van der Waals surface area contributed by atoms with Gasteiger partial charge in [0.25, 0.3) is 5.69 Å². The Morgan fingerprint density at radius 3 is 2.85 bits per heavy atom. The molecule has 0 saturated heterocycles. The first-order chi connectivity index (χ1) is 9.70. The number of nitrogens with zero attached hydrogens (tertiary/aromatic N) is 2. The number of aromatic nitrogens is 1. The zero-order valence-electron chi connectivity index (χ0n) is 11.1. The van der Waals surface area contributed by atoms with Gasteiger partial charge < -0.3 is 10.1 Å². The van der Waals surface area contributed by atoms with Gasteiger partial charge in [-0.2, -0.15) is 0 Å². The highest BCUT2D eigenvalue weighted by Crippen LogP contribution is 2.23. The predicted molar refractivity (Wildman–Crippen MR) is 74.4 cm³/mol. The van der Waals surface area contributed by atoms with Crippen LogP contribution in [0.2, 0.25) is 0 Å². The molecule has 1 heterocycles. The lowest BCUT2D eigenvalue weighted by molar-refractivity contribution is -0.384. The molecule has 0 bridgehead atoms. The summed E-state index contributed by atoms with van der Waals surface area (Å²) >= 11 is 0. The Labute approximate surface area is 116 Å². The first kappa shape index (κ1) is 14.0. The molecule has 0 fully saturated rings. The number of nitro benzene ring substituents is 1. The van der Waals surface area contributed by atoms with E-state index >= 15 is 0 Å². The molecule has 1 N–H and O–H groups in total. The van der Waals surface area contributed by atoms with E-state index in [-0.39, 0.29) is 5.69 Å². The van der Waals surface area contributed by atoms with Gasteiger partial charge in [-0.3, -0.25) is 15.1 Å². The summed E-state index contributed by atoms with van der Waals surface area (Å²) < 4.78 is 5.21. The smallest absolute Gasteiger partial charge is 0.270 e. The SMILES string of the molecule is COc1ccc([N+](=O)[O-])cc1CNCc1cccnc1. The summed E-state index contributed by atoms with van der Waals surface area (Å²) in [6.45, 7) is 1.12. The molecule has 2 aromatic rings. The van der Waals surface area contributed by atoms with Crippen molar-refractivity contribution in [3.05, 3.63) is 64.0 Å². The van der Waals surface area contributed by atoms with Crippen molar-refractivity contribution in [2.24, 2.45) is 0 Å². The van der Waals surface area contributed by atoms with Crippen LogP contribution in [-0.4, -0.2) is 17.0 Å². The number of nitrogens with one attached hydrogen (secondary N) is 1. The minimum Gasteiger partial charge on any atom is -0.496 e. The average molecular weight is 273 g/mol. The third-order valence-corrected chi connectivity index (χ3v) is 2.84. The molecule has 0 atom stereocenters. The van der Waals surface area contributed by atoms with Crippen molar-refractivity contribution >= 4 is 5.69 Å². The van der Waals surface area contributed by atoms with Crippen molar-refractivity contribution < 1.29 is 9.66 Å². The molecule has 1 aromatic heterocycles. The predicted octanol–water partition coefficient (Wildman–Crippen LogP) is 2.29. The molecule has 0 amide bonds. The van der Waals surface area contributed by atoms with Crippen LogP contribution in [0.5, 0.6) is 5.75 Å². The summed E-state index contributed by atoms with van der Waals surface area (Å²) in [6.07, 6.45) is 3.49. The number of rotatable bonds is 6. The Kier molecular flexibility index (Phi) is 4.62. The van der Waals surface area contributed by atoms with Gasteiger partial charge in [0.2, 0.25) is 0 Å². The highest BCUT2D eigenvalue weighted by atomic mass is 16.6. The molecule has 1 aromatic carbocycles. The van der Waals surface area contributed by atoms with Crippen molar-refractivity contribution in [3.63, 3.8) is 0 Å². The van der Waals surface area contributed by atoms with Crippen LogP contribution in [0.3, 0.4) is 0 Å². The number of non-ortho nitro benzene ring substituents is 1. The molecule has 0 aliphatic carbocycles. The zero-order valence-corrected chi connectivity index (χ0v) is 11.1. The lowest BCUT2D eigenvalue weighted by atomic mass is 10.1. The molecule has 20 heavy (non-hydrogen) atoms. The average Bonchev–Trinajstić information content (AvgIpc) is 2.48. The van der Waals surface area contributed by atoms with Gasteiger partial charge >= 0.3 is 0 Å². The number of methoxy groups -OCH3 is 1. The van der Waals surface area contributed by atoms with E-state index in [9.17, 15) is 10.1 Å². The van der Waals surface area contributed by atoms with E-state index in [1.165, 1.54) is 12.1 Å². The lowest BCUT2D eigenvalue weighted by Crippen LogP contribution is -2.13. The van der Waals surface area contributed by atoms with Crippen LogP contribution in [0.4, 0.5) is 5.69 Å². The van der Waals surface area contributed by atoms with Crippen LogP contribution in [0.1, 0.15) is 11.1 Å². The Morgan fingerprint density at radius 1 is 1.35 bits per heavy atom. The number of pyridine rings is 1. The van der Waals surface area contributed by atoms with Gasteiger partial charge in [-0.1, -0.05) is 6.07 Å². The molecule has 6 heteroatoms. The van der Waals surface area contributed by atoms with Gasteiger partial charge in [-0.05, 0) is 17.7 Å². The quantitative estimate of drug-likeness (QED) is 0.645. The van der Waals surface area contributed by atoms with E-state index < -0.39 is 4.92 Å². The van der Waals surface area contributed by atoms with E-state index in [2.05, 4.69) is 10.3 Å². The molecule has 0 radical (unpaired) electrons. The van der Waals surface area contributed by atoms with E-state index in [1.807, 2.05) is 12.1 Å². The van der Waals surface area contributed by atoms with Gasteiger partial charge in [-0.25, -0.2) is 0 Å². The molecule has 6 nitrogen and oxygen atoms in total. The summed E-state index contributed by atoms with van der Waals surface area (Å²) in [4.78, 5) is 14.4. The maximum atomic E-state index is 10.8. The molecule has 0 aliphatic heterocycles. The van der Waals surface area contributed by atoms with Gasteiger partial charge in [0.1, 0.15) is 5.75 Å². The second kappa shape index (κ2) is 6.63. The highest BCUT2D eigenvalue weighted by molar-refractivity contribution is 5.43. The maximum Gasteiger partial charge on any atom is 0.270 e. The van der Waals surface area contributed by atoms with Crippen molar-refractivity contribution in [1.29, 1.82) is 0 Å². The maximum absolute atomic E-state index is 10.8. The first-order valence-corrected chi connectivity index (χ1v) is 6.11. The van der Waals surface area contributed by atoms with Crippen LogP contribution in [0.15, 0.2) is 42.7 Å². The molecule has 0 spiro atoms. The van der Waals surface area contributed by atoms with Crippen LogP contribution >= 0.6 is 0 Å². The van der Waals surface area contributed by atoms with E-state index in [1.54, 1.807) is 25.6 Å². The summed E-state index contributed by atoms with van der Waals surface area (Å²) in [5.74, 6) is 0.634. The summed E-state index contributed by atoms with van der Waals surface area (Å²) in [7, 11) is 1.55. The van der Waals surface area contributed by atoms with Crippen LogP contribution in [-0.2, 0) is 13.1 Å². The molecule has 0 unspecified atom stereocenters. The van der Waals surface area contributed by atoms with Crippen molar-refractivity contribution in [2.75, 3.05) is 7.11 Å². The van der Waals surface area contributed by atoms with Crippen LogP contribution in [0.25, 0.3) is 0 Å². The normalized spacial score (nSPS) is 10.2. The summed E-state index contributed by atoms with van der Waals surface area (Å²) in [5, 5.41) is 14.0. The van der Waals surface area contributed by atoms with Crippen molar-refractivity contribution in [1.82, 2.24) is 10.3 Å². The largest absolute Gasteiger partial charge is 0.496 e. The second-order valence-corrected chi connectivity index (χ2v) is 4.22. The number of ether oxygens (including phenoxy) is 1. The van der Waals surface area contributed by atoms with Crippen LogP contribution < -0.4 is 10.1 Å². The van der Waals surface area contributed by atoms with Gasteiger partial charge in [-0.15, -0.1) is 0 Å². The second-order valence-electron chi connectivity index (χ2n) is 4.22. The fraction of sp³-hybridized carbons (Fsp3) is 0.214. The Morgan fingerprint density at radius 2 is 2.20 bits per heavy atom. The third kappa shape index (κ3) is 3.52. The van der Waals surface area contributed by atoms with Crippen molar-refractivity contribution in [3.8, 4) is 5.75 Å². The summed E-state index contributed by atoms with van der Waals surface area (Å²) in [5.41, 5.74) is 1.87. The summed E-state index contributed by atoms with van der Waals surface area (Å²) in [6, 6.07) is 8.40. The minimum atomic E-state index is -0.413. The van der Waals surface area contributed by atoms with E-state index in [0.29, 0.717) is 18.8 Å². The minimum absolute atomic E-state index is 0.0592. The first-order valence-electron chi connectivity index (χ1n) is 6.11. The fourth-order valence-electron chi connectivity index (χ4n) is 1.86. The highest BCUT2D eigenvalue weighted by Gasteiger charge is 2.10. The zero-order chi connectivity index (χ0) is 14.4. The number of hydrogen-bond donors (Lipinski definition) is 1. The Bertz CT molecular complexity index is 587. The van der Waals surface area contributed by atoms with Gasteiger partial charge in [0.05, 0.1) is 12.0 Å². The fourth-order valence-corrected chi connectivity index (χ4v) is 1.86. The topological polar surface area (TPSA) is 77.3 Å². The molecule has 104 valence electrons. The standard InChI is InChI=1S/C14H15N3O3/c1-20-14-5-4-13(17(18)19)7-12(14)10-16-9-11-3-2-6-15-8-11/h2-8,16H,9-10H2,1H3. The lowest BCUT2D eigenvalue weighted by Gasteiger charge is -2.09. The number of hydrogen-bond acceptors (Lipinski definition) is 5. The number of nitro groups is 1. The van der Waals surface area contributed by atoms with E-state index in [0.717, 1.165) is 11.1 Å². The molecule has 0 saturated carbocycles. The van der Waals surface area contributed by atoms with Crippen LogP contribution in [0, 0.1) is 10.1 Å². The number of benzene rings is 1. The Hall–Kier alpha value is -2.47.